The number of anilines is 1. The second kappa shape index (κ2) is 7.45. The van der Waals surface area contributed by atoms with E-state index in [1.165, 1.54) is 25.6 Å². The van der Waals surface area contributed by atoms with Crippen LogP contribution in [-0.2, 0) is 4.79 Å². The first-order valence-corrected chi connectivity index (χ1v) is 11.2. The zero-order valence-corrected chi connectivity index (χ0v) is 18.5. The number of hydrogen-bond acceptors (Lipinski definition) is 5. The van der Waals surface area contributed by atoms with Crippen LogP contribution in [0.25, 0.3) is 22.2 Å². The second-order valence-electron chi connectivity index (χ2n) is 7.53. The fourth-order valence-corrected chi connectivity index (χ4v) is 4.72. The molecular weight excluding hydrogens is 426 g/mol. The van der Waals surface area contributed by atoms with Crippen LogP contribution in [0.3, 0.4) is 0 Å². The van der Waals surface area contributed by atoms with E-state index in [2.05, 4.69) is 10.1 Å². The molecule has 1 amide bonds. The number of carbonyl (C=O) groups excluding carboxylic acids is 2. The average Bonchev–Trinajstić information content (AvgIpc) is 3.17. The largest absolute Gasteiger partial charge is 0.325 e. The molecule has 0 aliphatic carbocycles. The molecule has 2 aromatic heterocycles. The highest BCUT2D eigenvalue weighted by molar-refractivity contribution is 7.98. The van der Waals surface area contributed by atoms with Crippen LogP contribution < -0.4 is 15.1 Å². The van der Waals surface area contributed by atoms with Crippen LogP contribution in [0.2, 0.25) is 0 Å². The molecule has 2 aromatic carbocycles. The first kappa shape index (κ1) is 20.2. The van der Waals surface area contributed by atoms with Gasteiger partial charge in [-0.2, -0.15) is 0 Å². The minimum atomic E-state index is -0.740. The van der Waals surface area contributed by atoms with Gasteiger partial charge in [-0.25, -0.2) is 4.90 Å². The lowest BCUT2D eigenvalue weighted by Gasteiger charge is -2.31. The Morgan fingerprint density at radius 2 is 1.78 bits per heavy atom. The predicted molar refractivity (Wildman–Crippen MR) is 122 cm³/mol. The monoisotopic (exact) mass is 446 g/mol. The Hall–Kier alpha value is -3.72. The predicted octanol–water partition coefficient (Wildman–Crippen LogP) is 2.97. The average molecular weight is 447 g/mol. The number of aromatic amines is 1. The molecule has 5 rings (SSSR count). The first-order chi connectivity index (χ1) is 15.4. The van der Waals surface area contributed by atoms with Gasteiger partial charge in [-0.05, 0) is 29.1 Å². The molecule has 0 saturated carbocycles. The van der Waals surface area contributed by atoms with Gasteiger partial charge in [0.15, 0.2) is 0 Å². The number of rotatable bonds is 2. The molecule has 4 aromatic rings. The number of para-hydroxylation sites is 2. The SMILES string of the molecule is CSc1n[n+]2c(c(=O)[nH]1)-c1ccccc1N(C(C)=O)[C@H]2c1cn(C(C)=O)c2ccccc12. The van der Waals surface area contributed by atoms with Crippen LogP contribution in [0.5, 0.6) is 0 Å². The Balaban J connectivity index is 1.92. The molecule has 3 heterocycles. The Kier molecular flexibility index (Phi) is 4.70. The molecule has 0 radical (unpaired) electrons. The maximum atomic E-state index is 13.1. The topological polar surface area (TPSA) is 91.9 Å². The highest BCUT2D eigenvalue weighted by Gasteiger charge is 2.46. The van der Waals surface area contributed by atoms with Crippen molar-refractivity contribution in [1.82, 2.24) is 14.6 Å². The van der Waals surface area contributed by atoms with E-state index < -0.39 is 6.17 Å². The molecule has 0 unspecified atom stereocenters. The second-order valence-corrected chi connectivity index (χ2v) is 8.32. The number of aromatic nitrogens is 4. The minimum Gasteiger partial charge on any atom is -0.291 e. The van der Waals surface area contributed by atoms with Crippen LogP contribution in [0.1, 0.15) is 30.4 Å². The maximum absolute atomic E-state index is 13.1. The number of amides is 1. The van der Waals surface area contributed by atoms with Crippen molar-refractivity contribution >= 4 is 40.2 Å². The van der Waals surface area contributed by atoms with Gasteiger partial charge >= 0.3 is 11.3 Å². The molecule has 0 spiro atoms. The van der Waals surface area contributed by atoms with Crippen LogP contribution in [-0.4, -0.2) is 32.7 Å². The lowest BCUT2D eigenvalue weighted by Crippen LogP contribution is -2.60. The van der Waals surface area contributed by atoms with Crippen molar-refractivity contribution in [2.45, 2.75) is 25.2 Å². The summed E-state index contributed by atoms with van der Waals surface area (Å²) < 4.78 is 3.16. The summed E-state index contributed by atoms with van der Waals surface area (Å²) >= 11 is 1.31. The lowest BCUT2D eigenvalue weighted by atomic mass is 10.0. The summed E-state index contributed by atoms with van der Waals surface area (Å²) in [6, 6.07) is 14.8. The van der Waals surface area contributed by atoms with Crippen molar-refractivity contribution in [2.24, 2.45) is 0 Å². The quantitative estimate of drug-likeness (QED) is 0.378. The summed E-state index contributed by atoms with van der Waals surface area (Å²) in [7, 11) is 0. The fourth-order valence-electron chi connectivity index (χ4n) is 4.36. The third-order valence-corrected chi connectivity index (χ3v) is 6.22. The number of benzene rings is 2. The number of carbonyl (C=O) groups is 2. The maximum Gasteiger partial charge on any atom is 0.325 e. The van der Waals surface area contributed by atoms with Crippen molar-refractivity contribution in [3.05, 3.63) is 70.6 Å². The molecule has 32 heavy (non-hydrogen) atoms. The first-order valence-electron chi connectivity index (χ1n) is 10.0. The van der Waals surface area contributed by atoms with Gasteiger partial charge in [-0.15, -0.1) is 0 Å². The normalized spacial score (nSPS) is 14.8. The van der Waals surface area contributed by atoms with E-state index in [1.54, 1.807) is 20.3 Å². The van der Waals surface area contributed by atoms with Gasteiger partial charge < -0.3 is 0 Å². The summed E-state index contributed by atoms with van der Waals surface area (Å²) in [6.45, 7) is 2.98. The molecule has 1 N–H and O–H groups in total. The third-order valence-electron chi connectivity index (χ3n) is 5.65. The van der Waals surface area contributed by atoms with Gasteiger partial charge in [0.2, 0.25) is 17.0 Å². The van der Waals surface area contributed by atoms with Crippen LogP contribution >= 0.6 is 11.8 Å². The van der Waals surface area contributed by atoms with E-state index in [-0.39, 0.29) is 17.4 Å². The zero-order valence-electron chi connectivity index (χ0n) is 17.7. The molecular formula is C23H20N5O3S+. The summed E-state index contributed by atoms with van der Waals surface area (Å²) in [5.74, 6) is -0.347. The van der Waals surface area contributed by atoms with E-state index in [1.807, 2.05) is 54.8 Å². The zero-order chi connectivity index (χ0) is 22.6. The number of H-pyrrole nitrogens is 1. The molecule has 1 aliphatic rings. The minimum absolute atomic E-state index is 0.146. The van der Waals surface area contributed by atoms with Crippen molar-refractivity contribution in [2.75, 3.05) is 11.2 Å². The summed E-state index contributed by atoms with van der Waals surface area (Å²) in [4.78, 5) is 43.0. The number of hydrogen-bond donors (Lipinski definition) is 1. The Morgan fingerprint density at radius 1 is 1.06 bits per heavy atom. The molecule has 1 aliphatic heterocycles. The van der Waals surface area contributed by atoms with Crippen LogP contribution in [0.15, 0.2) is 64.7 Å². The lowest BCUT2D eigenvalue weighted by molar-refractivity contribution is -0.762. The van der Waals surface area contributed by atoms with E-state index in [0.717, 1.165) is 10.9 Å². The summed E-state index contributed by atoms with van der Waals surface area (Å²) in [6.07, 6.45) is 2.82. The Labute approximate surface area is 187 Å². The van der Waals surface area contributed by atoms with Crippen LogP contribution in [0.4, 0.5) is 5.69 Å². The van der Waals surface area contributed by atoms with Crippen LogP contribution in [0, 0.1) is 0 Å². The van der Waals surface area contributed by atoms with Crippen molar-refractivity contribution < 1.29 is 14.3 Å². The van der Waals surface area contributed by atoms with Crippen molar-refractivity contribution in [3.8, 4) is 11.3 Å². The molecule has 9 heteroatoms. The van der Waals surface area contributed by atoms with Gasteiger partial charge in [-0.1, -0.05) is 42.1 Å². The third kappa shape index (κ3) is 2.89. The number of nitrogens with one attached hydrogen (secondary N) is 1. The van der Waals surface area contributed by atoms with E-state index >= 15 is 0 Å². The van der Waals surface area contributed by atoms with Gasteiger partial charge in [0.1, 0.15) is 0 Å². The van der Waals surface area contributed by atoms with Gasteiger partial charge in [0, 0.05) is 30.5 Å². The van der Waals surface area contributed by atoms with E-state index in [4.69, 9.17) is 0 Å². The number of nitrogens with zero attached hydrogens (tertiary/aromatic N) is 4. The number of thioether (sulfide) groups is 1. The molecule has 0 fully saturated rings. The molecule has 1 atom stereocenters. The standard InChI is InChI=1S/C23H19N5O3S/c1-13(29)26-12-17(15-8-4-6-10-18(15)26)22-27(14(2)30)19-11-7-5-9-16(19)20-21(31)24-23(32-3)25-28(20)22/h4-12,22H,1-3H3/p+1/t22-/m1/s1. The van der Waals surface area contributed by atoms with Gasteiger partial charge in [0.05, 0.1) is 22.3 Å². The van der Waals surface area contributed by atoms with Gasteiger partial charge in [0.25, 0.3) is 6.17 Å². The van der Waals surface area contributed by atoms with Gasteiger partial charge in [-0.3, -0.25) is 23.9 Å². The van der Waals surface area contributed by atoms with E-state index in [9.17, 15) is 14.4 Å². The Morgan fingerprint density at radius 3 is 2.50 bits per heavy atom. The molecule has 8 nitrogen and oxygen atoms in total. The summed E-state index contributed by atoms with van der Waals surface area (Å²) in [5.41, 5.74) is 2.75. The van der Waals surface area contributed by atoms with Crippen molar-refractivity contribution in [3.63, 3.8) is 0 Å². The van der Waals surface area contributed by atoms with Crippen molar-refractivity contribution in [1.29, 1.82) is 0 Å². The smallest absolute Gasteiger partial charge is 0.291 e. The molecule has 160 valence electrons. The highest BCUT2D eigenvalue weighted by atomic mass is 32.2. The summed E-state index contributed by atoms with van der Waals surface area (Å²) in [5, 5.41) is 5.92. The molecule has 0 saturated heterocycles. The van der Waals surface area contributed by atoms with E-state index in [0.29, 0.717) is 27.7 Å². The molecule has 0 bridgehead atoms. The highest BCUT2D eigenvalue weighted by Crippen LogP contribution is 2.39. The number of fused-ring (bicyclic) bond motifs is 4. The fraction of sp³-hybridized carbons (Fsp3) is 0.174. The Bertz CT molecular complexity index is 1470.